The summed E-state index contributed by atoms with van der Waals surface area (Å²) in [7, 11) is 0. The van der Waals surface area contributed by atoms with Gasteiger partial charge >= 0.3 is 0 Å². The van der Waals surface area contributed by atoms with Crippen LogP contribution in [0.25, 0.3) is 0 Å². The van der Waals surface area contributed by atoms with Gasteiger partial charge in [-0.15, -0.1) is 0 Å². The molecular formula is C23H21N2+. The number of aryl methyl sites for hydroxylation is 1. The van der Waals surface area contributed by atoms with Gasteiger partial charge in [0.15, 0.2) is 5.54 Å². The van der Waals surface area contributed by atoms with Gasteiger partial charge in [0.1, 0.15) is 12.4 Å². The van der Waals surface area contributed by atoms with Crippen molar-refractivity contribution < 1.29 is 4.57 Å². The van der Waals surface area contributed by atoms with Crippen LogP contribution >= 0.6 is 0 Å². The normalized spacial score (nSPS) is 11.4. The molecular weight excluding hydrogens is 304 g/mol. The van der Waals surface area contributed by atoms with Gasteiger partial charge in [-0.25, -0.2) is 9.55 Å². The maximum Gasteiger partial charge on any atom is 0.252 e. The number of hydrogen-bond acceptors (Lipinski definition) is 0. The van der Waals surface area contributed by atoms with Crippen LogP contribution < -0.4 is 4.57 Å². The highest BCUT2D eigenvalue weighted by atomic mass is 15.1. The van der Waals surface area contributed by atoms with Crippen molar-refractivity contribution in [1.82, 2.24) is 4.98 Å². The predicted octanol–water partition coefficient (Wildman–Crippen LogP) is 4.45. The second-order valence-electron chi connectivity index (χ2n) is 6.22. The molecule has 2 heteroatoms. The van der Waals surface area contributed by atoms with Crippen molar-refractivity contribution in [1.29, 1.82) is 0 Å². The summed E-state index contributed by atoms with van der Waals surface area (Å²) in [4.78, 5) is 3.35. The van der Waals surface area contributed by atoms with Crippen LogP contribution in [-0.2, 0) is 5.54 Å². The summed E-state index contributed by atoms with van der Waals surface area (Å²) in [5, 5.41) is 0. The zero-order valence-corrected chi connectivity index (χ0v) is 14.3. The van der Waals surface area contributed by atoms with Crippen molar-refractivity contribution in [3.63, 3.8) is 0 Å². The van der Waals surface area contributed by atoms with Gasteiger partial charge < -0.3 is 0 Å². The maximum atomic E-state index is 3.35. The van der Waals surface area contributed by atoms with Crippen molar-refractivity contribution in [2.45, 2.75) is 12.5 Å². The van der Waals surface area contributed by atoms with Gasteiger partial charge in [0.2, 0.25) is 0 Å². The van der Waals surface area contributed by atoms with Crippen molar-refractivity contribution in [3.05, 3.63) is 126 Å². The van der Waals surface area contributed by atoms with Gasteiger partial charge in [-0.3, -0.25) is 0 Å². The summed E-state index contributed by atoms with van der Waals surface area (Å²) in [5.41, 5.74) is 3.29. The summed E-state index contributed by atoms with van der Waals surface area (Å²) < 4.78 is 2.33. The molecule has 122 valence electrons. The molecule has 1 N–H and O–H groups in total. The molecule has 4 aromatic rings. The third-order valence-corrected chi connectivity index (χ3v) is 4.81. The van der Waals surface area contributed by atoms with E-state index in [9.17, 15) is 0 Å². The van der Waals surface area contributed by atoms with Crippen LogP contribution in [-0.4, -0.2) is 4.98 Å². The van der Waals surface area contributed by atoms with E-state index < -0.39 is 5.54 Å². The molecule has 3 aromatic carbocycles. The molecule has 0 spiro atoms. The van der Waals surface area contributed by atoms with E-state index in [2.05, 4.69) is 114 Å². The fourth-order valence-electron chi connectivity index (χ4n) is 3.73. The van der Waals surface area contributed by atoms with Crippen molar-refractivity contribution in [2.75, 3.05) is 0 Å². The van der Waals surface area contributed by atoms with Crippen LogP contribution in [0.1, 0.15) is 22.5 Å². The molecule has 1 heterocycles. The molecule has 0 unspecified atom stereocenters. The van der Waals surface area contributed by atoms with Crippen molar-refractivity contribution in [2.24, 2.45) is 0 Å². The fourth-order valence-corrected chi connectivity index (χ4v) is 3.73. The van der Waals surface area contributed by atoms with E-state index in [-0.39, 0.29) is 0 Å². The maximum absolute atomic E-state index is 3.35. The van der Waals surface area contributed by atoms with Crippen LogP contribution in [0.5, 0.6) is 0 Å². The first-order valence-electron chi connectivity index (χ1n) is 8.56. The minimum Gasteiger partial charge on any atom is -0.248 e. The van der Waals surface area contributed by atoms with Crippen molar-refractivity contribution in [3.8, 4) is 0 Å². The number of imidazole rings is 1. The summed E-state index contributed by atoms with van der Waals surface area (Å²) in [6, 6.07) is 32.1. The number of H-pyrrole nitrogens is 1. The van der Waals surface area contributed by atoms with Crippen LogP contribution in [0.3, 0.4) is 0 Å². The van der Waals surface area contributed by atoms with E-state index >= 15 is 0 Å². The van der Waals surface area contributed by atoms with E-state index in [1.54, 1.807) is 0 Å². The fraction of sp³-hybridized carbons (Fsp3) is 0.0870. The molecule has 0 saturated carbocycles. The van der Waals surface area contributed by atoms with Gasteiger partial charge in [0.05, 0.1) is 0 Å². The average Bonchev–Trinajstić information content (AvgIpc) is 3.12. The first-order chi connectivity index (χ1) is 12.3. The Morgan fingerprint density at radius 3 is 1.36 bits per heavy atom. The minimum absolute atomic E-state index is 0.423. The Hall–Kier alpha value is -3.13. The Bertz CT molecular complexity index is 844. The van der Waals surface area contributed by atoms with E-state index in [4.69, 9.17) is 0 Å². The third-order valence-electron chi connectivity index (χ3n) is 4.81. The number of nitrogens with zero attached hydrogens (tertiary/aromatic N) is 1. The van der Waals surface area contributed by atoms with E-state index in [0.29, 0.717) is 0 Å². The third kappa shape index (κ3) is 2.47. The van der Waals surface area contributed by atoms with Crippen LogP contribution in [0.4, 0.5) is 0 Å². The topological polar surface area (TPSA) is 19.7 Å². The van der Waals surface area contributed by atoms with Gasteiger partial charge in [-0.1, -0.05) is 91.0 Å². The minimum atomic E-state index is -0.423. The predicted molar refractivity (Wildman–Crippen MR) is 100 cm³/mol. The smallest absolute Gasteiger partial charge is 0.248 e. The van der Waals surface area contributed by atoms with Gasteiger partial charge in [0.25, 0.3) is 5.82 Å². The Morgan fingerprint density at radius 2 is 1.04 bits per heavy atom. The van der Waals surface area contributed by atoms with Crippen LogP contribution in [0.2, 0.25) is 0 Å². The molecule has 0 aliphatic carbocycles. The molecule has 1 aromatic heterocycles. The molecule has 0 amide bonds. The van der Waals surface area contributed by atoms with E-state index in [1.807, 2.05) is 6.20 Å². The summed E-state index contributed by atoms with van der Waals surface area (Å²) in [5.74, 6) is 1.11. The Kier molecular flexibility index (Phi) is 3.95. The molecule has 25 heavy (non-hydrogen) atoms. The lowest BCUT2D eigenvalue weighted by molar-refractivity contribution is -0.738. The number of rotatable bonds is 4. The zero-order chi connectivity index (χ0) is 17.1. The second kappa shape index (κ2) is 6.40. The first kappa shape index (κ1) is 15.4. The molecule has 0 bridgehead atoms. The number of hydrogen-bond donors (Lipinski definition) is 1. The molecule has 0 aliphatic heterocycles. The zero-order valence-electron chi connectivity index (χ0n) is 14.3. The largest absolute Gasteiger partial charge is 0.252 e. The summed E-state index contributed by atoms with van der Waals surface area (Å²) in [6.45, 7) is 2.11. The number of aromatic amines is 1. The van der Waals surface area contributed by atoms with Crippen LogP contribution in [0.15, 0.2) is 103 Å². The van der Waals surface area contributed by atoms with Crippen LogP contribution in [0, 0.1) is 6.92 Å². The lowest BCUT2D eigenvalue weighted by Crippen LogP contribution is -2.59. The Labute approximate surface area is 148 Å². The molecule has 2 nitrogen and oxygen atoms in total. The van der Waals surface area contributed by atoms with Gasteiger partial charge in [0, 0.05) is 23.6 Å². The average molecular weight is 325 g/mol. The molecule has 0 fully saturated rings. The molecule has 0 saturated heterocycles. The standard InChI is InChI=1S/C23H20N2/c1-19-24-17-18-25(19)23(20-11-5-2-6-12-20,21-13-7-3-8-14-21)22-15-9-4-10-16-22/h2-18H,1H3/p+1. The highest BCUT2D eigenvalue weighted by molar-refractivity contribution is 5.46. The highest BCUT2D eigenvalue weighted by Crippen LogP contribution is 2.36. The summed E-state index contributed by atoms with van der Waals surface area (Å²) in [6.07, 6.45) is 4.13. The Morgan fingerprint density at radius 1 is 0.640 bits per heavy atom. The monoisotopic (exact) mass is 325 g/mol. The number of aromatic nitrogens is 2. The number of benzene rings is 3. The molecule has 0 atom stereocenters. The quantitative estimate of drug-likeness (QED) is 0.422. The van der Waals surface area contributed by atoms with Crippen molar-refractivity contribution >= 4 is 0 Å². The lowest BCUT2D eigenvalue weighted by Gasteiger charge is -2.33. The Balaban J connectivity index is 2.15. The van der Waals surface area contributed by atoms with E-state index in [1.165, 1.54) is 16.7 Å². The second-order valence-corrected chi connectivity index (χ2v) is 6.22. The van der Waals surface area contributed by atoms with Gasteiger partial charge in [-0.2, -0.15) is 0 Å². The van der Waals surface area contributed by atoms with Gasteiger partial charge in [-0.05, 0) is 0 Å². The number of nitrogens with one attached hydrogen (secondary N) is 1. The lowest BCUT2D eigenvalue weighted by atomic mass is 9.76. The first-order valence-corrected chi connectivity index (χ1v) is 8.56. The molecule has 0 aliphatic rings. The summed E-state index contributed by atoms with van der Waals surface area (Å²) >= 11 is 0. The SMILES string of the molecule is Cc1[nH]cc[n+]1C(c1ccccc1)(c1ccccc1)c1ccccc1. The molecule has 4 rings (SSSR count). The highest BCUT2D eigenvalue weighted by Gasteiger charge is 2.43. The van der Waals surface area contributed by atoms with E-state index in [0.717, 1.165) is 5.82 Å². The molecule has 0 radical (unpaired) electrons.